The van der Waals surface area contributed by atoms with E-state index in [1.165, 1.54) is 0 Å². The number of hydrogen-bond acceptors (Lipinski definition) is 3. The largest absolute Gasteiger partial charge is 0.481 e. The van der Waals surface area contributed by atoms with E-state index in [2.05, 4.69) is 5.32 Å². The normalized spacial score (nSPS) is 21.3. The maximum Gasteiger partial charge on any atom is 0.311 e. The molecule has 0 radical (unpaired) electrons. The maximum absolute atomic E-state index is 13.0. The van der Waals surface area contributed by atoms with E-state index in [4.69, 9.17) is 0 Å². The molecule has 142 valence electrons. The van der Waals surface area contributed by atoms with E-state index < -0.39 is 17.4 Å². The van der Waals surface area contributed by atoms with Gasteiger partial charge < -0.3 is 15.3 Å². The lowest BCUT2D eigenvalue weighted by Crippen LogP contribution is -2.56. The number of piperidine rings is 1. The second-order valence-electron chi connectivity index (χ2n) is 7.79. The van der Waals surface area contributed by atoms with Crippen LogP contribution in [0.15, 0.2) is 24.3 Å². The van der Waals surface area contributed by atoms with Crippen molar-refractivity contribution in [2.75, 3.05) is 13.1 Å². The predicted molar refractivity (Wildman–Crippen MR) is 98.8 cm³/mol. The van der Waals surface area contributed by atoms with Crippen molar-refractivity contribution >= 4 is 17.8 Å². The SMILES string of the molecule is Cc1ccc(C(=O)NC(C(=O)N2CCCC(C)(C(=O)O)C2)C(C)C)cc1. The van der Waals surface area contributed by atoms with Gasteiger partial charge in [-0.05, 0) is 44.7 Å². The van der Waals surface area contributed by atoms with Gasteiger partial charge in [0.25, 0.3) is 5.91 Å². The molecule has 1 aromatic carbocycles. The first-order valence-electron chi connectivity index (χ1n) is 9.04. The molecule has 1 heterocycles. The molecule has 0 saturated carbocycles. The lowest BCUT2D eigenvalue weighted by Gasteiger charge is -2.39. The topological polar surface area (TPSA) is 86.7 Å². The lowest BCUT2D eigenvalue weighted by atomic mass is 9.81. The lowest BCUT2D eigenvalue weighted by molar-refractivity contribution is -0.154. The molecule has 0 bridgehead atoms. The number of aliphatic carboxylic acids is 1. The van der Waals surface area contributed by atoms with E-state index in [1.54, 1.807) is 24.0 Å². The van der Waals surface area contributed by atoms with Crippen molar-refractivity contribution in [3.63, 3.8) is 0 Å². The van der Waals surface area contributed by atoms with Crippen LogP contribution in [0, 0.1) is 18.3 Å². The number of likely N-dealkylation sites (tertiary alicyclic amines) is 1. The summed E-state index contributed by atoms with van der Waals surface area (Å²) in [6, 6.07) is 6.48. The predicted octanol–water partition coefficient (Wildman–Crippen LogP) is 2.46. The molecule has 6 nitrogen and oxygen atoms in total. The molecule has 26 heavy (non-hydrogen) atoms. The van der Waals surface area contributed by atoms with E-state index in [1.807, 2.05) is 32.9 Å². The fourth-order valence-corrected chi connectivity index (χ4v) is 3.24. The van der Waals surface area contributed by atoms with Crippen LogP contribution in [0.2, 0.25) is 0 Å². The van der Waals surface area contributed by atoms with Crippen LogP contribution in [0.1, 0.15) is 49.5 Å². The molecule has 2 N–H and O–H groups in total. The number of nitrogens with one attached hydrogen (secondary N) is 1. The first kappa shape index (κ1) is 19.9. The second-order valence-corrected chi connectivity index (χ2v) is 7.79. The minimum absolute atomic E-state index is 0.102. The van der Waals surface area contributed by atoms with Crippen LogP contribution in [-0.2, 0) is 9.59 Å². The average Bonchev–Trinajstić information content (AvgIpc) is 2.59. The first-order chi connectivity index (χ1) is 12.1. The quantitative estimate of drug-likeness (QED) is 0.844. The summed E-state index contributed by atoms with van der Waals surface area (Å²) in [6.45, 7) is 8.05. The third-order valence-corrected chi connectivity index (χ3v) is 5.06. The van der Waals surface area contributed by atoms with Gasteiger partial charge in [0.15, 0.2) is 0 Å². The Labute approximate surface area is 154 Å². The van der Waals surface area contributed by atoms with Crippen molar-refractivity contribution in [3.05, 3.63) is 35.4 Å². The highest BCUT2D eigenvalue weighted by molar-refractivity contribution is 5.97. The number of carbonyl (C=O) groups is 3. The summed E-state index contributed by atoms with van der Waals surface area (Å²) in [5.41, 5.74) is 0.624. The minimum atomic E-state index is -0.934. The Bertz CT molecular complexity index is 684. The zero-order valence-corrected chi connectivity index (χ0v) is 15.9. The molecule has 2 rings (SSSR count). The zero-order valence-electron chi connectivity index (χ0n) is 15.9. The highest BCUT2D eigenvalue weighted by Gasteiger charge is 2.41. The van der Waals surface area contributed by atoms with Gasteiger partial charge in [-0.25, -0.2) is 0 Å². The van der Waals surface area contributed by atoms with Crippen LogP contribution in [0.3, 0.4) is 0 Å². The molecule has 2 atom stereocenters. The number of aryl methyl sites for hydroxylation is 1. The Morgan fingerprint density at radius 2 is 1.81 bits per heavy atom. The van der Waals surface area contributed by atoms with Gasteiger partial charge in [-0.3, -0.25) is 14.4 Å². The Morgan fingerprint density at radius 1 is 1.19 bits per heavy atom. The van der Waals surface area contributed by atoms with E-state index in [0.29, 0.717) is 24.9 Å². The van der Waals surface area contributed by atoms with Crippen molar-refractivity contribution in [1.82, 2.24) is 10.2 Å². The van der Waals surface area contributed by atoms with Crippen LogP contribution in [0.4, 0.5) is 0 Å². The van der Waals surface area contributed by atoms with Gasteiger partial charge in [0.1, 0.15) is 6.04 Å². The summed E-state index contributed by atoms with van der Waals surface area (Å²) >= 11 is 0. The van der Waals surface area contributed by atoms with Crippen molar-refractivity contribution in [3.8, 4) is 0 Å². The minimum Gasteiger partial charge on any atom is -0.481 e. The molecule has 1 aromatic rings. The van der Waals surface area contributed by atoms with E-state index >= 15 is 0 Å². The van der Waals surface area contributed by atoms with Crippen LogP contribution in [0.5, 0.6) is 0 Å². The number of carboxylic acids is 1. The molecule has 1 saturated heterocycles. The molecule has 1 fully saturated rings. The van der Waals surface area contributed by atoms with Gasteiger partial charge in [-0.15, -0.1) is 0 Å². The molecule has 0 spiro atoms. The summed E-state index contributed by atoms with van der Waals surface area (Å²) in [6.07, 6.45) is 1.19. The Hall–Kier alpha value is -2.37. The van der Waals surface area contributed by atoms with Crippen LogP contribution in [-0.4, -0.2) is 46.9 Å². The molecule has 2 amide bonds. The smallest absolute Gasteiger partial charge is 0.311 e. The second kappa shape index (κ2) is 7.89. The first-order valence-corrected chi connectivity index (χ1v) is 9.04. The molecule has 6 heteroatoms. The average molecular weight is 360 g/mol. The summed E-state index contributed by atoms with van der Waals surface area (Å²) in [4.78, 5) is 38.6. The number of amides is 2. The summed E-state index contributed by atoms with van der Waals surface area (Å²) < 4.78 is 0. The Morgan fingerprint density at radius 3 is 2.35 bits per heavy atom. The van der Waals surface area contributed by atoms with Crippen molar-refractivity contribution in [2.45, 2.75) is 46.6 Å². The van der Waals surface area contributed by atoms with E-state index in [-0.39, 0.29) is 24.3 Å². The fourth-order valence-electron chi connectivity index (χ4n) is 3.24. The van der Waals surface area contributed by atoms with Crippen molar-refractivity contribution in [2.24, 2.45) is 11.3 Å². The highest BCUT2D eigenvalue weighted by atomic mass is 16.4. The van der Waals surface area contributed by atoms with E-state index in [0.717, 1.165) is 5.56 Å². The number of hydrogen-bond donors (Lipinski definition) is 2. The maximum atomic E-state index is 13.0. The number of nitrogens with zero attached hydrogens (tertiary/aromatic N) is 1. The van der Waals surface area contributed by atoms with Crippen LogP contribution < -0.4 is 5.32 Å². The molecule has 0 aliphatic carbocycles. The van der Waals surface area contributed by atoms with E-state index in [9.17, 15) is 19.5 Å². The fraction of sp³-hybridized carbons (Fsp3) is 0.550. The molecule has 2 unspecified atom stereocenters. The van der Waals surface area contributed by atoms with Gasteiger partial charge >= 0.3 is 5.97 Å². The van der Waals surface area contributed by atoms with Gasteiger partial charge in [-0.1, -0.05) is 31.5 Å². The van der Waals surface area contributed by atoms with Crippen LogP contribution in [0.25, 0.3) is 0 Å². The molecular weight excluding hydrogens is 332 g/mol. The molecule has 0 aromatic heterocycles. The number of carbonyl (C=O) groups excluding carboxylic acids is 2. The monoisotopic (exact) mass is 360 g/mol. The zero-order chi connectivity index (χ0) is 19.5. The number of carboxylic acid groups (broad SMARTS) is 1. The third kappa shape index (κ3) is 4.42. The van der Waals surface area contributed by atoms with Crippen LogP contribution >= 0.6 is 0 Å². The number of rotatable bonds is 5. The molecule has 1 aliphatic rings. The standard InChI is InChI=1S/C20H28N2O4/c1-13(2)16(21-17(23)15-8-6-14(3)7-9-15)18(24)22-11-5-10-20(4,12-22)19(25)26/h6-9,13,16H,5,10-12H2,1-4H3,(H,21,23)(H,25,26). The van der Waals surface area contributed by atoms with Crippen molar-refractivity contribution in [1.29, 1.82) is 0 Å². The highest BCUT2D eigenvalue weighted by Crippen LogP contribution is 2.30. The van der Waals surface area contributed by atoms with Crippen molar-refractivity contribution < 1.29 is 19.5 Å². The molecule has 1 aliphatic heterocycles. The van der Waals surface area contributed by atoms with Gasteiger partial charge in [0, 0.05) is 18.7 Å². The number of benzene rings is 1. The van der Waals surface area contributed by atoms with Gasteiger partial charge in [-0.2, -0.15) is 0 Å². The Balaban J connectivity index is 2.13. The Kier molecular flexibility index (Phi) is 6.05. The molecular formula is C20H28N2O4. The van der Waals surface area contributed by atoms with Gasteiger partial charge in [0.2, 0.25) is 5.91 Å². The summed E-state index contributed by atoms with van der Waals surface area (Å²) in [5, 5.41) is 12.3. The van der Waals surface area contributed by atoms with Gasteiger partial charge in [0.05, 0.1) is 5.41 Å². The summed E-state index contributed by atoms with van der Waals surface area (Å²) in [5.74, 6) is -1.50. The summed E-state index contributed by atoms with van der Waals surface area (Å²) in [7, 11) is 0. The third-order valence-electron chi connectivity index (χ3n) is 5.06.